The first-order valence-corrected chi connectivity index (χ1v) is 3.71. The van der Waals surface area contributed by atoms with Crippen LogP contribution in [0.5, 0.6) is 0 Å². The van der Waals surface area contributed by atoms with Crippen molar-refractivity contribution in [2.45, 2.75) is 5.75 Å². The first-order chi connectivity index (χ1) is 4.29. The van der Waals surface area contributed by atoms with E-state index in [4.69, 9.17) is 0 Å². The Balaban J connectivity index is 2.58. The van der Waals surface area contributed by atoms with Gasteiger partial charge in [-0.25, -0.2) is 0 Å². The van der Waals surface area contributed by atoms with Crippen LogP contribution >= 0.6 is 0 Å². The SMILES string of the molecule is O=S([O-])Cc1cc[nH]c1. The first kappa shape index (κ1) is 6.51. The van der Waals surface area contributed by atoms with Crippen LogP contribution in [0.1, 0.15) is 5.56 Å². The van der Waals surface area contributed by atoms with Crippen molar-refractivity contribution < 1.29 is 8.76 Å². The van der Waals surface area contributed by atoms with E-state index < -0.39 is 11.1 Å². The van der Waals surface area contributed by atoms with E-state index in [2.05, 4.69) is 4.98 Å². The normalized spacial score (nSPS) is 13.4. The van der Waals surface area contributed by atoms with Crippen LogP contribution in [-0.2, 0) is 16.8 Å². The van der Waals surface area contributed by atoms with Crippen molar-refractivity contribution in [1.29, 1.82) is 0 Å². The van der Waals surface area contributed by atoms with Gasteiger partial charge in [-0.3, -0.25) is 4.21 Å². The maximum atomic E-state index is 10.1. The fourth-order valence-corrected chi connectivity index (χ4v) is 1.04. The van der Waals surface area contributed by atoms with E-state index in [1.54, 1.807) is 18.5 Å². The molecule has 0 aliphatic rings. The molecule has 0 amide bonds. The smallest absolute Gasteiger partial charge is 0.0368 e. The monoisotopic (exact) mass is 144 g/mol. The average molecular weight is 144 g/mol. The second-order valence-electron chi connectivity index (χ2n) is 1.67. The summed E-state index contributed by atoms with van der Waals surface area (Å²) >= 11 is -1.96. The molecule has 1 heterocycles. The fourth-order valence-electron chi connectivity index (χ4n) is 0.584. The lowest BCUT2D eigenvalue weighted by atomic mass is 10.4. The molecule has 3 nitrogen and oxygen atoms in total. The van der Waals surface area contributed by atoms with E-state index in [-0.39, 0.29) is 5.75 Å². The third kappa shape index (κ3) is 1.99. The minimum atomic E-state index is -1.96. The van der Waals surface area contributed by atoms with E-state index in [9.17, 15) is 8.76 Å². The molecule has 4 heteroatoms. The second kappa shape index (κ2) is 2.80. The predicted molar refractivity (Wildman–Crippen MR) is 33.4 cm³/mol. The molecule has 0 spiro atoms. The molecule has 1 rings (SSSR count). The van der Waals surface area contributed by atoms with Crippen LogP contribution in [0, 0.1) is 0 Å². The van der Waals surface area contributed by atoms with Gasteiger partial charge in [-0.1, -0.05) is 11.1 Å². The Labute approximate surface area is 55.4 Å². The molecule has 0 saturated carbocycles. The van der Waals surface area contributed by atoms with Gasteiger partial charge in [0.25, 0.3) is 0 Å². The molecule has 9 heavy (non-hydrogen) atoms. The highest BCUT2D eigenvalue weighted by Gasteiger charge is 1.89. The summed E-state index contributed by atoms with van der Waals surface area (Å²) in [7, 11) is 0. The standard InChI is InChI=1S/C5H7NO2S/c7-9(8)4-5-1-2-6-3-5/h1-3,6H,4H2,(H,7,8)/p-1. The highest BCUT2D eigenvalue weighted by molar-refractivity contribution is 7.78. The molecule has 0 saturated heterocycles. The highest BCUT2D eigenvalue weighted by Crippen LogP contribution is 1.98. The van der Waals surface area contributed by atoms with Gasteiger partial charge in [0, 0.05) is 18.1 Å². The van der Waals surface area contributed by atoms with Crippen molar-refractivity contribution in [3.63, 3.8) is 0 Å². The summed E-state index contributed by atoms with van der Waals surface area (Å²) in [5.74, 6) is 0.101. The lowest BCUT2D eigenvalue weighted by Gasteiger charge is -1.99. The Morgan fingerprint density at radius 3 is 3.00 bits per heavy atom. The van der Waals surface area contributed by atoms with Gasteiger partial charge in [0.05, 0.1) is 0 Å². The first-order valence-electron chi connectivity index (χ1n) is 2.46. The maximum Gasteiger partial charge on any atom is 0.0368 e. The molecule has 0 fully saturated rings. The Hall–Kier alpha value is -0.610. The average Bonchev–Trinajstić information content (AvgIpc) is 2.15. The third-order valence-electron chi connectivity index (χ3n) is 0.947. The molecule has 0 aliphatic carbocycles. The van der Waals surface area contributed by atoms with E-state index in [0.29, 0.717) is 0 Å². The zero-order chi connectivity index (χ0) is 6.69. The molecule has 0 aliphatic heterocycles. The van der Waals surface area contributed by atoms with Gasteiger partial charge in [-0.2, -0.15) is 0 Å². The Kier molecular flexibility index (Phi) is 2.02. The second-order valence-corrected chi connectivity index (χ2v) is 2.56. The molecule has 0 bridgehead atoms. The van der Waals surface area contributed by atoms with Gasteiger partial charge in [-0.05, 0) is 11.6 Å². The summed E-state index contributed by atoms with van der Waals surface area (Å²) in [6.07, 6.45) is 3.36. The molecule has 1 atom stereocenters. The minimum absolute atomic E-state index is 0.101. The van der Waals surface area contributed by atoms with Crippen LogP contribution in [0.25, 0.3) is 0 Å². The molecule has 0 radical (unpaired) electrons. The number of hydrogen-bond donors (Lipinski definition) is 1. The molecular weight excluding hydrogens is 138 g/mol. The minimum Gasteiger partial charge on any atom is -0.772 e. The zero-order valence-corrected chi connectivity index (χ0v) is 5.48. The van der Waals surface area contributed by atoms with Gasteiger partial charge in [0.1, 0.15) is 0 Å². The molecular formula is C5H6NO2S-. The predicted octanol–water partition coefficient (Wildman–Crippen LogP) is 0.394. The van der Waals surface area contributed by atoms with Crippen LogP contribution < -0.4 is 0 Å². The summed E-state index contributed by atoms with van der Waals surface area (Å²) in [6.45, 7) is 0. The third-order valence-corrected chi connectivity index (χ3v) is 1.52. The van der Waals surface area contributed by atoms with Crippen LogP contribution in [0.4, 0.5) is 0 Å². The zero-order valence-electron chi connectivity index (χ0n) is 4.66. The number of nitrogens with one attached hydrogen (secondary N) is 1. The number of aromatic amines is 1. The topological polar surface area (TPSA) is 55.9 Å². The number of H-pyrrole nitrogens is 1. The molecule has 1 N–H and O–H groups in total. The summed E-state index contributed by atoms with van der Waals surface area (Å²) < 4.78 is 20.1. The van der Waals surface area contributed by atoms with Gasteiger partial charge in [0.15, 0.2) is 0 Å². The number of rotatable bonds is 2. The van der Waals surface area contributed by atoms with Gasteiger partial charge >= 0.3 is 0 Å². The van der Waals surface area contributed by atoms with Crippen molar-refractivity contribution in [1.82, 2.24) is 4.98 Å². The number of aromatic nitrogens is 1. The maximum absolute atomic E-state index is 10.1. The molecule has 1 unspecified atom stereocenters. The Morgan fingerprint density at radius 2 is 2.56 bits per heavy atom. The van der Waals surface area contributed by atoms with E-state index >= 15 is 0 Å². The molecule has 1 aromatic rings. The van der Waals surface area contributed by atoms with Crippen molar-refractivity contribution in [3.05, 3.63) is 24.0 Å². The van der Waals surface area contributed by atoms with Crippen LogP contribution in [0.3, 0.4) is 0 Å². The largest absolute Gasteiger partial charge is 0.772 e. The summed E-state index contributed by atoms with van der Waals surface area (Å²) in [4.78, 5) is 2.76. The van der Waals surface area contributed by atoms with E-state index in [1.807, 2.05) is 0 Å². The number of hydrogen-bond acceptors (Lipinski definition) is 2. The van der Waals surface area contributed by atoms with Gasteiger partial charge in [-0.15, -0.1) is 0 Å². The highest BCUT2D eigenvalue weighted by atomic mass is 32.2. The van der Waals surface area contributed by atoms with Gasteiger partial charge in [0.2, 0.25) is 0 Å². The van der Waals surface area contributed by atoms with Crippen LogP contribution in [0.2, 0.25) is 0 Å². The molecule has 50 valence electrons. The molecule has 0 aromatic carbocycles. The summed E-state index contributed by atoms with van der Waals surface area (Å²) in [5.41, 5.74) is 0.795. The molecule has 1 aromatic heterocycles. The van der Waals surface area contributed by atoms with Crippen molar-refractivity contribution >= 4 is 11.1 Å². The van der Waals surface area contributed by atoms with Crippen LogP contribution in [-0.4, -0.2) is 13.7 Å². The lowest BCUT2D eigenvalue weighted by molar-refractivity contribution is 0.536. The lowest BCUT2D eigenvalue weighted by Crippen LogP contribution is -1.90. The Bertz CT molecular complexity index is 195. The van der Waals surface area contributed by atoms with Crippen molar-refractivity contribution in [2.75, 3.05) is 0 Å². The quantitative estimate of drug-likeness (QED) is 0.610. The van der Waals surface area contributed by atoms with Crippen molar-refractivity contribution in [3.8, 4) is 0 Å². The Morgan fingerprint density at radius 1 is 1.78 bits per heavy atom. The van der Waals surface area contributed by atoms with E-state index in [1.165, 1.54) is 0 Å². The van der Waals surface area contributed by atoms with Crippen LogP contribution in [0.15, 0.2) is 18.5 Å². The van der Waals surface area contributed by atoms with Crippen molar-refractivity contribution in [2.24, 2.45) is 0 Å². The summed E-state index contributed by atoms with van der Waals surface area (Å²) in [6, 6.07) is 1.73. The summed E-state index contributed by atoms with van der Waals surface area (Å²) in [5, 5.41) is 0. The fraction of sp³-hybridized carbons (Fsp3) is 0.200. The van der Waals surface area contributed by atoms with Gasteiger partial charge < -0.3 is 9.54 Å². The van der Waals surface area contributed by atoms with E-state index in [0.717, 1.165) is 5.56 Å².